The van der Waals surface area contributed by atoms with Gasteiger partial charge in [0, 0.05) is 18.6 Å². The summed E-state index contributed by atoms with van der Waals surface area (Å²) in [5.41, 5.74) is 0. The SMILES string of the molecule is CNCC(=O)N(C)CCCOc1ccc(Cl)cc1.Cl. The summed E-state index contributed by atoms with van der Waals surface area (Å²) in [6.07, 6.45) is 0.800. The molecule has 0 saturated carbocycles. The summed E-state index contributed by atoms with van der Waals surface area (Å²) in [7, 11) is 3.55. The fraction of sp³-hybridized carbons (Fsp3) is 0.462. The molecule has 0 aliphatic heterocycles. The molecule has 4 nitrogen and oxygen atoms in total. The van der Waals surface area contributed by atoms with Crippen LogP contribution in [0.15, 0.2) is 24.3 Å². The van der Waals surface area contributed by atoms with Crippen molar-refractivity contribution in [3.63, 3.8) is 0 Å². The van der Waals surface area contributed by atoms with Gasteiger partial charge in [-0.25, -0.2) is 0 Å². The van der Waals surface area contributed by atoms with Crippen molar-refractivity contribution in [2.75, 3.05) is 33.8 Å². The molecule has 0 unspecified atom stereocenters. The number of ether oxygens (including phenoxy) is 1. The predicted octanol–water partition coefficient (Wildman–Crippen LogP) is 2.21. The number of halogens is 2. The lowest BCUT2D eigenvalue weighted by atomic mass is 10.3. The molecular formula is C13H20Cl2N2O2. The number of nitrogens with zero attached hydrogens (tertiary/aromatic N) is 1. The van der Waals surface area contributed by atoms with Crippen molar-refractivity contribution in [1.82, 2.24) is 10.2 Å². The first kappa shape index (κ1) is 18.0. The van der Waals surface area contributed by atoms with E-state index in [1.807, 2.05) is 12.1 Å². The molecule has 1 amide bonds. The van der Waals surface area contributed by atoms with Crippen LogP contribution in [0.4, 0.5) is 0 Å². The first-order valence-electron chi connectivity index (χ1n) is 5.90. The summed E-state index contributed by atoms with van der Waals surface area (Å²) in [6, 6.07) is 7.25. The Morgan fingerprint density at radius 3 is 2.58 bits per heavy atom. The minimum absolute atomic E-state index is 0. The van der Waals surface area contributed by atoms with Crippen molar-refractivity contribution in [3.8, 4) is 5.75 Å². The summed E-state index contributed by atoms with van der Waals surface area (Å²) in [5, 5.41) is 3.53. The molecule has 1 aromatic carbocycles. The molecule has 0 saturated heterocycles. The van der Waals surface area contributed by atoms with Crippen LogP contribution in [0.25, 0.3) is 0 Å². The Morgan fingerprint density at radius 1 is 1.37 bits per heavy atom. The van der Waals surface area contributed by atoms with Gasteiger partial charge in [0.25, 0.3) is 0 Å². The Balaban J connectivity index is 0.00000324. The number of nitrogens with one attached hydrogen (secondary N) is 1. The third-order valence-electron chi connectivity index (χ3n) is 2.47. The van der Waals surface area contributed by atoms with Gasteiger partial charge in [0.15, 0.2) is 0 Å². The van der Waals surface area contributed by atoms with Gasteiger partial charge in [-0.1, -0.05) is 11.6 Å². The Labute approximate surface area is 125 Å². The Bertz CT molecular complexity index is 371. The highest BCUT2D eigenvalue weighted by Gasteiger charge is 2.06. The minimum atomic E-state index is 0. The van der Waals surface area contributed by atoms with Crippen molar-refractivity contribution < 1.29 is 9.53 Å². The van der Waals surface area contributed by atoms with Gasteiger partial charge in [-0.05, 0) is 37.7 Å². The van der Waals surface area contributed by atoms with E-state index in [0.717, 1.165) is 12.2 Å². The first-order chi connectivity index (χ1) is 8.63. The molecule has 108 valence electrons. The molecule has 1 N–H and O–H groups in total. The Hall–Kier alpha value is -0.970. The normalized spacial score (nSPS) is 9.63. The molecule has 1 aromatic rings. The molecule has 0 aliphatic rings. The average molecular weight is 307 g/mol. The number of rotatable bonds is 7. The molecule has 0 heterocycles. The van der Waals surface area contributed by atoms with Gasteiger partial charge in [-0.2, -0.15) is 0 Å². The van der Waals surface area contributed by atoms with E-state index in [2.05, 4.69) is 5.32 Å². The maximum absolute atomic E-state index is 11.5. The third kappa shape index (κ3) is 7.25. The Kier molecular flexibility index (Phi) is 9.39. The van der Waals surface area contributed by atoms with E-state index in [1.165, 1.54) is 0 Å². The van der Waals surface area contributed by atoms with E-state index in [4.69, 9.17) is 16.3 Å². The zero-order valence-electron chi connectivity index (χ0n) is 11.2. The van der Waals surface area contributed by atoms with Crippen molar-refractivity contribution in [1.29, 1.82) is 0 Å². The standard InChI is InChI=1S/C13H19ClN2O2.ClH/c1-15-10-13(17)16(2)8-3-9-18-12-6-4-11(14)5-7-12;/h4-7,15H,3,8-10H2,1-2H3;1H. The van der Waals surface area contributed by atoms with Gasteiger partial charge >= 0.3 is 0 Å². The van der Waals surface area contributed by atoms with Crippen LogP contribution < -0.4 is 10.1 Å². The number of hydrogen-bond acceptors (Lipinski definition) is 3. The lowest BCUT2D eigenvalue weighted by Gasteiger charge is -2.16. The molecule has 0 atom stereocenters. The summed E-state index contributed by atoms with van der Waals surface area (Å²) in [4.78, 5) is 13.1. The number of likely N-dealkylation sites (N-methyl/N-ethyl adjacent to an activating group) is 2. The molecule has 0 radical (unpaired) electrons. The zero-order valence-corrected chi connectivity index (χ0v) is 12.8. The van der Waals surface area contributed by atoms with Gasteiger partial charge < -0.3 is 15.0 Å². The maximum atomic E-state index is 11.5. The van der Waals surface area contributed by atoms with Gasteiger partial charge in [-0.15, -0.1) is 12.4 Å². The lowest BCUT2D eigenvalue weighted by molar-refractivity contribution is -0.128. The van der Waals surface area contributed by atoms with Gasteiger partial charge in [0.2, 0.25) is 5.91 Å². The van der Waals surface area contributed by atoms with Crippen molar-refractivity contribution in [2.45, 2.75) is 6.42 Å². The monoisotopic (exact) mass is 306 g/mol. The summed E-state index contributed by atoms with van der Waals surface area (Å²) in [6.45, 7) is 1.64. The quantitative estimate of drug-likeness (QED) is 0.785. The van der Waals surface area contributed by atoms with Crippen molar-refractivity contribution in [2.24, 2.45) is 0 Å². The molecule has 6 heteroatoms. The lowest BCUT2D eigenvalue weighted by Crippen LogP contribution is -2.35. The van der Waals surface area contributed by atoms with Crippen LogP contribution in [-0.4, -0.2) is 44.6 Å². The van der Waals surface area contributed by atoms with Crippen LogP contribution in [0.1, 0.15) is 6.42 Å². The summed E-state index contributed by atoms with van der Waals surface area (Å²) >= 11 is 5.77. The fourth-order valence-electron chi connectivity index (χ4n) is 1.43. The van der Waals surface area contributed by atoms with Crippen molar-refractivity contribution >= 4 is 29.9 Å². The van der Waals surface area contributed by atoms with E-state index in [1.54, 1.807) is 31.1 Å². The largest absolute Gasteiger partial charge is 0.494 e. The molecule has 0 bridgehead atoms. The highest BCUT2D eigenvalue weighted by Crippen LogP contribution is 2.15. The summed E-state index contributed by atoms with van der Waals surface area (Å²) in [5.74, 6) is 0.882. The topological polar surface area (TPSA) is 41.6 Å². The number of hydrogen-bond donors (Lipinski definition) is 1. The smallest absolute Gasteiger partial charge is 0.236 e. The average Bonchev–Trinajstić information content (AvgIpc) is 2.36. The van der Waals surface area contributed by atoms with Crippen LogP contribution >= 0.6 is 24.0 Å². The first-order valence-corrected chi connectivity index (χ1v) is 6.28. The highest BCUT2D eigenvalue weighted by molar-refractivity contribution is 6.30. The van der Waals surface area contributed by atoms with Crippen LogP contribution in [0, 0.1) is 0 Å². The van der Waals surface area contributed by atoms with Gasteiger partial charge in [-0.3, -0.25) is 4.79 Å². The van der Waals surface area contributed by atoms with Gasteiger partial charge in [0.1, 0.15) is 5.75 Å². The molecule has 0 fully saturated rings. The van der Waals surface area contributed by atoms with Crippen LogP contribution in [-0.2, 0) is 4.79 Å². The van der Waals surface area contributed by atoms with E-state index < -0.39 is 0 Å². The van der Waals surface area contributed by atoms with E-state index in [-0.39, 0.29) is 18.3 Å². The van der Waals surface area contributed by atoms with Crippen LogP contribution in [0.5, 0.6) is 5.75 Å². The minimum Gasteiger partial charge on any atom is -0.494 e. The van der Waals surface area contributed by atoms with Crippen molar-refractivity contribution in [3.05, 3.63) is 29.3 Å². The van der Waals surface area contributed by atoms with E-state index in [0.29, 0.717) is 24.7 Å². The Morgan fingerprint density at radius 2 is 2.00 bits per heavy atom. The molecule has 1 rings (SSSR count). The number of benzene rings is 1. The van der Waals surface area contributed by atoms with E-state index in [9.17, 15) is 4.79 Å². The molecule has 0 aliphatic carbocycles. The number of amides is 1. The van der Waals surface area contributed by atoms with Gasteiger partial charge in [0.05, 0.1) is 13.2 Å². The molecule has 0 spiro atoms. The number of carbonyl (C=O) groups excluding carboxylic acids is 1. The molecule has 19 heavy (non-hydrogen) atoms. The third-order valence-corrected chi connectivity index (χ3v) is 2.73. The van der Waals surface area contributed by atoms with E-state index >= 15 is 0 Å². The predicted molar refractivity (Wildman–Crippen MR) is 80.4 cm³/mol. The zero-order chi connectivity index (χ0) is 13.4. The van der Waals surface area contributed by atoms with Crippen LogP contribution in [0.3, 0.4) is 0 Å². The second kappa shape index (κ2) is 9.89. The molecule has 0 aromatic heterocycles. The second-order valence-electron chi connectivity index (χ2n) is 4.00. The maximum Gasteiger partial charge on any atom is 0.236 e. The highest BCUT2D eigenvalue weighted by atomic mass is 35.5. The second-order valence-corrected chi connectivity index (χ2v) is 4.44. The molecular weight excluding hydrogens is 287 g/mol. The summed E-state index contributed by atoms with van der Waals surface area (Å²) < 4.78 is 5.54. The number of carbonyl (C=O) groups is 1. The van der Waals surface area contributed by atoms with Crippen LogP contribution in [0.2, 0.25) is 5.02 Å². The fourth-order valence-corrected chi connectivity index (χ4v) is 1.56.